The summed E-state index contributed by atoms with van der Waals surface area (Å²) >= 11 is 3.29. The van der Waals surface area contributed by atoms with Crippen molar-refractivity contribution in [3.63, 3.8) is 0 Å². The Bertz CT molecular complexity index is 1310. The lowest BCUT2D eigenvalue weighted by atomic mass is 10.1. The van der Waals surface area contributed by atoms with Crippen LogP contribution in [0.15, 0.2) is 45.5 Å². The third kappa shape index (κ3) is 3.72. The van der Waals surface area contributed by atoms with Gasteiger partial charge in [0.05, 0.1) is 12.7 Å². The Balaban J connectivity index is 1.67. The summed E-state index contributed by atoms with van der Waals surface area (Å²) < 4.78 is 66.7. The maximum Gasteiger partial charge on any atom is 0.261 e. The van der Waals surface area contributed by atoms with Gasteiger partial charge < -0.3 is 14.5 Å². The van der Waals surface area contributed by atoms with Crippen LogP contribution in [0.3, 0.4) is 0 Å². The van der Waals surface area contributed by atoms with Gasteiger partial charge in [-0.1, -0.05) is 0 Å². The molecule has 0 aliphatic heterocycles. The molecule has 31 heavy (non-hydrogen) atoms. The number of fused-ring (bicyclic) bond motifs is 1. The molecule has 2 heterocycles. The second-order valence-electron chi connectivity index (χ2n) is 6.21. The molecule has 158 valence electrons. The largest absolute Gasteiger partial charge is 0.491 e. The Morgan fingerprint density at radius 3 is 2.42 bits per heavy atom. The first-order valence-electron chi connectivity index (χ1n) is 8.53. The molecule has 2 aromatic heterocycles. The van der Waals surface area contributed by atoms with Crippen LogP contribution in [0, 0.1) is 23.3 Å². The van der Waals surface area contributed by atoms with E-state index in [2.05, 4.69) is 36.0 Å². The molecule has 4 rings (SSSR count). The van der Waals surface area contributed by atoms with Crippen LogP contribution in [0.4, 0.5) is 23.2 Å². The number of oxazole rings is 1. The number of methoxy groups -OCH3 is 1. The number of hydrogen-bond donors (Lipinski definition) is 1. The Morgan fingerprint density at radius 2 is 1.77 bits per heavy atom. The van der Waals surface area contributed by atoms with Crippen LogP contribution in [0.5, 0.6) is 5.75 Å². The van der Waals surface area contributed by atoms with E-state index in [0.29, 0.717) is 21.1 Å². The molecule has 0 aliphatic carbocycles. The monoisotopic (exact) mass is 495 g/mol. The smallest absolute Gasteiger partial charge is 0.261 e. The average Bonchev–Trinajstić information content (AvgIpc) is 3.16. The molecule has 0 radical (unpaired) electrons. The Hall–Kier alpha value is -3.47. The summed E-state index contributed by atoms with van der Waals surface area (Å²) in [5.74, 6) is -9.78. The number of aromatic nitrogens is 2. The van der Waals surface area contributed by atoms with Gasteiger partial charge >= 0.3 is 0 Å². The van der Waals surface area contributed by atoms with Gasteiger partial charge in [-0.2, -0.15) is 8.78 Å². The molecule has 6 nitrogen and oxygen atoms in total. The number of nitrogens with zero attached hydrogens (tertiary/aromatic N) is 2. The molecule has 1 amide bonds. The summed E-state index contributed by atoms with van der Waals surface area (Å²) in [6.07, 6.45) is 3.12. The lowest BCUT2D eigenvalue weighted by Crippen LogP contribution is -2.18. The Kier molecular flexibility index (Phi) is 5.36. The van der Waals surface area contributed by atoms with Gasteiger partial charge in [-0.15, -0.1) is 0 Å². The number of benzene rings is 2. The normalized spacial score (nSPS) is 11.0. The summed E-state index contributed by atoms with van der Waals surface area (Å²) in [7, 11) is 0.839. The molecule has 2 aromatic carbocycles. The lowest BCUT2D eigenvalue weighted by Gasteiger charge is -2.11. The fourth-order valence-electron chi connectivity index (χ4n) is 2.84. The van der Waals surface area contributed by atoms with Crippen molar-refractivity contribution in [1.82, 2.24) is 9.97 Å². The Labute approximate surface area is 180 Å². The fraction of sp³-hybridized carbons (Fsp3) is 0.0500. The molecule has 11 heteroatoms. The molecule has 0 spiro atoms. The van der Waals surface area contributed by atoms with E-state index in [-0.39, 0.29) is 11.6 Å². The van der Waals surface area contributed by atoms with Crippen molar-refractivity contribution in [2.75, 3.05) is 12.4 Å². The summed E-state index contributed by atoms with van der Waals surface area (Å²) in [5, 5.41) is 2.19. The zero-order valence-electron chi connectivity index (χ0n) is 15.5. The van der Waals surface area contributed by atoms with Gasteiger partial charge in [-0.05, 0) is 40.2 Å². The molecule has 0 unspecified atom stereocenters. The maximum absolute atomic E-state index is 14.2. The number of nitrogens with one attached hydrogen (secondary N) is 1. The predicted octanol–water partition coefficient (Wildman–Crippen LogP) is 5.47. The third-order valence-corrected chi connectivity index (χ3v) is 4.69. The van der Waals surface area contributed by atoms with Gasteiger partial charge in [0.15, 0.2) is 23.0 Å². The van der Waals surface area contributed by atoms with E-state index in [1.54, 1.807) is 12.3 Å². The van der Waals surface area contributed by atoms with Gasteiger partial charge in [0.2, 0.25) is 17.5 Å². The van der Waals surface area contributed by atoms with Gasteiger partial charge in [-0.25, -0.2) is 13.8 Å². The van der Waals surface area contributed by atoms with E-state index < -0.39 is 40.5 Å². The summed E-state index contributed by atoms with van der Waals surface area (Å²) in [6.45, 7) is 0. The Morgan fingerprint density at radius 1 is 1.06 bits per heavy atom. The SMILES string of the molecule is COc1c(F)c(F)c(C(=O)Nc2ccc3oc(-c4cncc(Br)c4)nc3c2)c(F)c1F. The second kappa shape index (κ2) is 7.99. The number of carbonyl (C=O) groups excluding carboxylic acids is 1. The van der Waals surface area contributed by atoms with Crippen LogP contribution in [0.2, 0.25) is 0 Å². The van der Waals surface area contributed by atoms with Gasteiger partial charge in [-0.3, -0.25) is 9.78 Å². The highest BCUT2D eigenvalue weighted by atomic mass is 79.9. The van der Waals surface area contributed by atoms with E-state index in [4.69, 9.17) is 4.42 Å². The van der Waals surface area contributed by atoms with Gasteiger partial charge in [0, 0.05) is 22.6 Å². The summed E-state index contributed by atoms with van der Waals surface area (Å²) in [5.41, 5.74) is -0.0748. The predicted molar refractivity (Wildman–Crippen MR) is 106 cm³/mol. The minimum absolute atomic E-state index is 0.0696. The highest BCUT2D eigenvalue weighted by Gasteiger charge is 2.30. The molecule has 0 atom stereocenters. The molecule has 0 saturated heterocycles. The topological polar surface area (TPSA) is 77.2 Å². The van der Waals surface area contributed by atoms with Crippen molar-refractivity contribution in [1.29, 1.82) is 0 Å². The third-order valence-electron chi connectivity index (χ3n) is 4.25. The van der Waals surface area contributed by atoms with E-state index >= 15 is 0 Å². The van der Waals surface area contributed by atoms with Crippen LogP contribution in [0.25, 0.3) is 22.6 Å². The fourth-order valence-corrected chi connectivity index (χ4v) is 3.21. The zero-order chi connectivity index (χ0) is 22.3. The number of amides is 1. The zero-order valence-corrected chi connectivity index (χ0v) is 17.1. The molecule has 0 fully saturated rings. The van der Waals surface area contributed by atoms with Crippen LogP contribution in [-0.2, 0) is 0 Å². The van der Waals surface area contributed by atoms with Crippen molar-refractivity contribution in [3.05, 3.63) is 70.0 Å². The average molecular weight is 496 g/mol. The molecule has 0 saturated carbocycles. The number of anilines is 1. The highest BCUT2D eigenvalue weighted by molar-refractivity contribution is 9.10. The van der Waals surface area contributed by atoms with Crippen LogP contribution in [-0.4, -0.2) is 23.0 Å². The minimum Gasteiger partial charge on any atom is -0.491 e. The maximum atomic E-state index is 14.2. The first-order valence-corrected chi connectivity index (χ1v) is 9.32. The van der Waals surface area contributed by atoms with E-state index in [0.717, 1.165) is 7.11 Å². The van der Waals surface area contributed by atoms with Crippen molar-refractivity contribution < 1.29 is 31.5 Å². The quantitative estimate of drug-likeness (QED) is 0.300. The molecule has 4 aromatic rings. The van der Waals surface area contributed by atoms with Crippen molar-refractivity contribution in [2.45, 2.75) is 0 Å². The minimum atomic E-state index is -1.87. The molecular formula is C20H10BrF4N3O3. The number of pyridine rings is 1. The van der Waals surface area contributed by atoms with E-state index in [1.807, 2.05) is 0 Å². The second-order valence-corrected chi connectivity index (χ2v) is 7.13. The van der Waals surface area contributed by atoms with E-state index in [9.17, 15) is 22.4 Å². The first-order chi connectivity index (χ1) is 14.8. The molecule has 1 N–H and O–H groups in total. The molecule has 0 bridgehead atoms. The summed E-state index contributed by atoms with van der Waals surface area (Å²) in [6, 6.07) is 5.95. The summed E-state index contributed by atoms with van der Waals surface area (Å²) in [4.78, 5) is 20.6. The number of carbonyl (C=O) groups is 1. The first kappa shape index (κ1) is 20.8. The number of halogens is 5. The lowest BCUT2D eigenvalue weighted by molar-refractivity contribution is 0.101. The van der Waals surface area contributed by atoms with Gasteiger partial charge in [0.1, 0.15) is 11.1 Å². The highest BCUT2D eigenvalue weighted by Crippen LogP contribution is 2.31. The van der Waals surface area contributed by atoms with Crippen LogP contribution < -0.4 is 10.1 Å². The van der Waals surface area contributed by atoms with E-state index in [1.165, 1.54) is 24.4 Å². The molecule has 0 aliphatic rings. The van der Waals surface area contributed by atoms with Crippen LogP contribution >= 0.6 is 15.9 Å². The van der Waals surface area contributed by atoms with Gasteiger partial charge in [0.25, 0.3) is 5.91 Å². The standard InChI is InChI=1S/C20H10BrF4N3O3/c1-30-18-16(24)14(22)13(15(23)17(18)25)19(29)27-10-2-3-12-11(5-10)28-20(31-12)8-4-9(21)7-26-6-8/h2-7H,1H3,(H,27,29). The van der Waals surface area contributed by atoms with Crippen molar-refractivity contribution >= 4 is 38.6 Å². The number of rotatable bonds is 4. The molecular weight excluding hydrogens is 486 g/mol. The van der Waals surface area contributed by atoms with Crippen LogP contribution in [0.1, 0.15) is 10.4 Å². The van der Waals surface area contributed by atoms with Crippen molar-refractivity contribution in [2.24, 2.45) is 0 Å². The number of hydrogen-bond acceptors (Lipinski definition) is 5. The van der Waals surface area contributed by atoms with Crippen molar-refractivity contribution in [3.8, 4) is 17.2 Å². The number of ether oxygens (including phenoxy) is 1.